The van der Waals surface area contributed by atoms with Gasteiger partial charge in [0.1, 0.15) is 11.6 Å². The SMILES string of the molecule is Cc1nccn1-c1cncc(N2CCC(C)C(O)C2)n1. The molecule has 0 aromatic carbocycles. The van der Waals surface area contributed by atoms with E-state index >= 15 is 0 Å². The Labute approximate surface area is 118 Å². The molecule has 2 aromatic rings. The lowest BCUT2D eigenvalue weighted by Gasteiger charge is -2.34. The van der Waals surface area contributed by atoms with Crippen LogP contribution >= 0.6 is 0 Å². The van der Waals surface area contributed by atoms with Gasteiger partial charge in [-0.05, 0) is 19.3 Å². The second kappa shape index (κ2) is 5.20. The Morgan fingerprint density at radius 2 is 2.10 bits per heavy atom. The van der Waals surface area contributed by atoms with Crippen LogP contribution in [0.4, 0.5) is 5.82 Å². The second-order valence-corrected chi connectivity index (χ2v) is 5.36. The van der Waals surface area contributed by atoms with Crippen LogP contribution in [0.15, 0.2) is 24.8 Å². The molecule has 106 valence electrons. The lowest BCUT2D eigenvalue weighted by molar-refractivity contribution is 0.102. The van der Waals surface area contributed by atoms with Gasteiger partial charge in [0.05, 0.1) is 18.5 Å². The van der Waals surface area contributed by atoms with Gasteiger partial charge in [-0.2, -0.15) is 0 Å². The number of piperidine rings is 1. The number of hydrogen-bond acceptors (Lipinski definition) is 5. The van der Waals surface area contributed by atoms with Gasteiger partial charge in [0.25, 0.3) is 0 Å². The molecule has 1 aliphatic heterocycles. The molecule has 0 spiro atoms. The normalized spacial score (nSPS) is 23.1. The first-order chi connectivity index (χ1) is 9.65. The Bertz CT molecular complexity index is 597. The molecule has 3 heterocycles. The Kier molecular flexibility index (Phi) is 3.40. The molecule has 0 radical (unpaired) electrons. The van der Waals surface area contributed by atoms with Gasteiger partial charge in [-0.3, -0.25) is 9.55 Å². The standard InChI is InChI=1S/C14H19N5O/c1-10-3-5-18(9-12(10)20)13-7-15-8-14(17-13)19-6-4-16-11(19)2/h4,6-8,10,12,20H,3,5,9H2,1-2H3. The molecule has 6 nitrogen and oxygen atoms in total. The number of hydrogen-bond donors (Lipinski definition) is 1. The molecule has 0 aliphatic carbocycles. The number of nitrogens with zero attached hydrogens (tertiary/aromatic N) is 5. The molecule has 0 bridgehead atoms. The summed E-state index contributed by atoms with van der Waals surface area (Å²) in [6.07, 6.45) is 7.76. The van der Waals surface area contributed by atoms with Gasteiger partial charge < -0.3 is 10.0 Å². The van der Waals surface area contributed by atoms with E-state index in [1.165, 1.54) is 0 Å². The number of aliphatic hydroxyl groups is 1. The first-order valence-electron chi connectivity index (χ1n) is 6.90. The molecular weight excluding hydrogens is 254 g/mol. The highest BCUT2D eigenvalue weighted by atomic mass is 16.3. The van der Waals surface area contributed by atoms with Crippen LogP contribution < -0.4 is 4.90 Å². The van der Waals surface area contributed by atoms with Crippen LogP contribution in [0, 0.1) is 12.8 Å². The number of imidazole rings is 1. The van der Waals surface area contributed by atoms with Gasteiger partial charge in [0.2, 0.25) is 0 Å². The zero-order chi connectivity index (χ0) is 14.1. The lowest BCUT2D eigenvalue weighted by Crippen LogP contribution is -2.43. The highest BCUT2D eigenvalue weighted by Gasteiger charge is 2.25. The molecule has 2 unspecified atom stereocenters. The maximum atomic E-state index is 10.0. The summed E-state index contributed by atoms with van der Waals surface area (Å²) in [5.74, 6) is 2.79. The average molecular weight is 273 g/mol. The van der Waals surface area contributed by atoms with Crippen LogP contribution in [0.2, 0.25) is 0 Å². The molecule has 0 saturated carbocycles. The Hall–Kier alpha value is -1.95. The smallest absolute Gasteiger partial charge is 0.159 e. The van der Waals surface area contributed by atoms with Crippen LogP contribution in [0.1, 0.15) is 19.2 Å². The van der Waals surface area contributed by atoms with Crippen LogP contribution in [0.3, 0.4) is 0 Å². The van der Waals surface area contributed by atoms with Crippen molar-refractivity contribution in [3.63, 3.8) is 0 Å². The van der Waals surface area contributed by atoms with Gasteiger partial charge in [0.15, 0.2) is 5.82 Å². The van der Waals surface area contributed by atoms with E-state index in [9.17, 15) is 5.11 Å². The molecule has 1 saturated heterocycles. The Morgan fingerprint density at radius 1 is 1.30 bits per heavy atom. The fourth-order valence-corrected chi connectivity index (χ4v) is 2.49. The van der Waals surface area contributed by atoms with E-state index in [-0.39, 0.29) is 6.10 Å². The number of anilines is 1. The highest BCUT2D eigenvalue weighted by Crippen LogP contribution is 2.22. The number of β-amino-alcohol motifs (C(OH)–C–C–N with tert-alkyl or cyclic N) is 1. The summed E-state index contributed by atoms with van der Waals surface area (Å²) in [6, 6.07) is 0. The van der Waals surface area contributed by atoms with Crippen molar-refractivity contribution in [3.05, 3.63) is 30.6 Å². The molecule has 6 heteroatoms. The topological polar surface area (TPSA) is 67.1 Å². The van der Waals surface area contributed by atoms with E-state index in [0.717, 1.165) is 30.4 Å². The highest BCUT2D eigenvalue weighted by molar-refractivity contribution is 5.40. The van der Waals surface area contributed by atoms with Crippen LogP contribution in [0.5, 0.6) is 0 Å². The summed E-state index contributed by atoms with van der Waals surface area (Å²) in [4.78, 5) is 15.2. The summed E-state index contributed by atoms with van der Waals surface area (Å²) in [5.41, 5.74) is 0. The molecule has 0 amide bonds. The summed E-state index contributed by atoms with van der Waals surface area (Å²) in [7, 11) is 0. The van der Waals surface area contributed by atoms with Crippen molar-refractivity contribution in [1.29, 1.82) is 0 Å². The Balaban J connectivity index is 1.87. The van der Waals surface area contributed by atoms with Crippen LogP contribution in [-0.4, -0.2) is 43.8 Å². The van der Waals surface area contributed by atoms with E-state index in [0.29, 0.717) is 12.5 Å². The average Bonchev–Trinajstić information content (AvgIpc) is 2.88. The first kappa shape index (κ1) is 13.1. The predicted molar refractivity (Wildman–Crippen MR) is 75.9 cm³/mol. The molecule has 1 fully saturated rings. The predicted octanol–water partition coefficient (Wildman–Crippen LogP) is 1.18. The summed E-state index contributed by atoms with van der Waals surface area (Å²) in [5, 5.41) is 10.0. The third kappa shape index (κ3) is 2.38. The van der Waals surface area contributed by atoms with E-state index < -0.39 is 0 Å². The van der Waals surface area contributed by atoms with Gasteiger partial charge in [0, 0.05) is 25.5 Å². The molecule has 2 aromatic heterocycles. The van der Waals surface area contributed by atoms with Crippen molar-refractivity contribution < 1.29 is 5.11 Å². The summed E-state index contributed by atoms with van der Waals surface area (Å²) < 4.78 is 1.90. The maximum Gasteiger partial charge on any atom is 0.159 e. The zero-order valence-electron chi connectivity index (χ0n) is 11.8. The molecule has 2 atom stereocenters. The summed E-state index contributed by atoms with van der Waals surface area (Å²) >= 11 is 0. The van der Waals surface area contributed by atoms with Gasteiger partial charge in [-0.15, -0.1) is 0 Å². The number of aliphatic hydroxyl groups excluding tert-OH is 1. The number of aryl methyl sites for hydroxylation is 1. The van der Waals surface area contributed by atoms with Crippen molar-refractivity contribution in [1.82, 2.24) is 19.5 Å². The van der Waals surface area contributed by atoms with Crippen molar-refractivity contribution >= 4 is 5.82 Å². The van der Waals surface area contributed by atoms with E-state index in [1.807, 2.05) is 17.7 Å². The summed E-state index contributed by atoms with van der Waals surface area (Å²) in [6.45, 7) is 5.53. The van der Waals surface area contributed by atoms with Crippen molar-refractivity contribution in [2.75, 3.05) is 18.0 Å². The maximum absolute atomic E-state index is 10.0. The fourth-order valence-electron chi connectivity index (χ4n) is 2.49. The Morgan fingerprint density at radius 3 is 2.80 bits per heavy atom. The van der Waals surface area contributed by atoms with Crippen molar-refractivity contribution in [2.45, 2.75) is 26.4 Å². The number of rotatable bonds is 2. The monoisotopic (exact) mass is 273 g/mol. The first-order valence-corrected chi connectivity index (χ1v) is 6.90. The van der Waals surface area contributed by atoms with E-state index in [4.69, 9.17) is 0 Å². The second-order valence-electron chi connectivity index (χ2n) is 5.36. The molecule has 20 heavy (non-hydrogen) atoms. The minimum Gasteiger partial charge on any atom is -0.391 e. The molecule has 1 aliphatic rings. The molecular formula is C14H19N5O. The third-order valence-corrected chi connectivity index (χ3v) is 3.92. The third-order valence-electron chi connectivity index (χ3n) is 3.92. The number of aromatic nitrogens is 4. The molecule has 3 rings (SSSR count). The van der Waals surface area contributed by atoms with E-state index in [2.05, 4.69) is 26.8 Å². The van der Waals surface area contributed by atoms with Gasteiger partial charge >= 0.3 is 0 Å². The van der Waals surface area contributed by atoms with Crippen LogP contribution in [-0.2, 0) is 0 Å². The lowest BCUT2D eigenvalue weighted by atomic mass is 9.96. The van der Waals surface area contributed by atoms with E-state index in [1.54, 1.807) is 18.6 Å². The zero-order valence-corrected chi connectivity index (χ0v) is 11.8. The minimum atomic E-state index is -0.302. The molecule has 1 N–H and O–H groups in total. The van der Waals surface area contributed by atoms with Gasteiger partial charge in [-0.25, -0.2) is 9.97 Å². The fraction of sp³-hybridized carbons (Fsp3) is 0.500. The largest absolute Gasteiger partial charge is 0.391 e. The van der Waals surface area contributed by atoms with Crippen molar-refractivity contribution in [3.8, 4) is 5.82 Å². The quantitative estimate of drug-likeness (QED) is 0.890. The van der Waals surface area contributed by atoms with Gasteiger partial charge in [-0.1, -0.05) is 6.92 Å². The minimum absolute atomic E-state index is 0.302. The van der Waals surface area contributed by atoms with Crippen LogP contribution in [0.25, 0.3) is 5.82 Å². The van der Waals surface area contributed by atoms with Crippen molar-refractivity contribution in [2.24, 2.45) is 5.92 Å².